The Bertz CT molecular complexity index is 993. The first-order valence-corrected chi connectivity index (χ1v) is 11.7. The Morgan fingerprint density at radius 1 is 0.760 bits per heavy atom. The van der Waals surface area contributed by atoms with Crippen LogP contribution in [0.2, 0.25) is 12.1 Å². The van der Waals surface area contributed by atoms with Crippen LogP contribution in [0.3, 0.4) is 0 Å². The third-order valence-corrected chi connectivity index (χ3v) is 9.40. The molecule has 0 unspecified atom stereocenters. The molecule has 5 rings (SSSR count). The summed E-state index contributed by atoms with van der Waals surface area (Å²) in [5.74, 6) is 0. The summed E-state index contributed by atoms with van der Waals surface area (Å²) in [5.41, 5.74) is 4.41. The number of para-hydroxylation sites is 2. The number of hydrogen-bond acceptors (Lipinski definition) is 0. The maximum atomic E-state index is 2.54. The van der Waals surface area contributed by atoms with E-state index in [0.29, 0.717) is 0 Å². The molecule has 4 aromatic rings. The first-order valence-electron chi connectivity index (χ1n) is 9.45. The van der Waals surface area contributed by atoms with Gasteiger partial charge in [-0.1, -0.05) is 77.9 Å². The van der Waals surface area contributed by atoms with E-state index in [1.165, 1.54) is 46.7 Å². The molecule has 0 spiro atoms. The van der Waals surface area contributed by atoms with Crippen LogP contribution in [-0.2, 0) is 13.0 Å². The van der Waals surface area contributed by atoms with Gasteiger partial charge >= 0.3 is 0 Å². The molecule has 0 amide bonds. The second-order valence-electron chi connectivity index (χ2n) is 7.26. The molecule has 0 saturated carbocycles. The third-order valence-electron chi connectivity index (χ3n) is 5.87. The molecule has 2 heterocycles. The lowest BCUT2D eigenvalue weighted by Gasteiger charge is -2.12. The maximum absolute atomic E-state index is 2.54. The van der Waals surface area contributed by atoms with E-state index in [1.807, 2.05) is 0 Å². The van der Waals surface area contributed by atoms with E-state index < -0.39 is 8.80 Å². The Labute approximate surface area is 150 Å². The molecule has 0 bridgehead atoms. The number of hydrogen-bond donors (Lipinski definition) is 0. The van der Waals surface area contributed by atoms with Crippen LogP contribution in [-0.4, -0.2) is 13.4 Å². The van der Waals surface area contributed by atoms with Crippen molar-refractivity contribution in [3.05, 3.63) is 78.4 Å². The van der Waals surface area contributed by atoms with Crippen molar-refractivity contribution in [3.8, 4) is 0 Å². The molecule has 2 heteroatoms. The fourth-order valence-electron chi connectivity index (χ4n) is 4.69. The van der Waals surface area contributed by atoms with Gasteiger partial charge in [0.05, 0.1) is 8.80 Å². The second kappa shape index (κ2) is 6.20. The van der Waals surface area contributed by atoms with Gasteiger partial charge in [0.15, 0.2) is 0 Å². The Morgan fingerprint density at radius 3 is 2.16 bits per heavy atom. The van der Waals surface area contributed by atoms with Crippen molar-refractivity contribution in [2.75, 3.05) is 0 Å². The first-order chi connectivity index (χ1) is 12.4. The van der Waals surface area contributed by atoms with Crippen molar-refractivity contribution in [2.24, 2.45) is 0 Å². The van der Waals surface area contributed by atoms with Gasteiger partial charge in [-0.15, -0.1) is 0 Å². The van der Waals surface area contributed by atoms with Gasteiger partial charge in [-0.2, -0.15) is 0 Å². The lowest BCUT2D eigenvalue weighted by atomic mass is 10.2. The van der Waals surface area contributed by atoms with Gasteiger partial charge in [0.2, 0.25) is 0 Å². The van der Waals surface area contributed by atoms with Crippen molar-refractivity contribution in [1.82, 2.24) is 4.57 Å². The normalized spacial score (nSPS) is 16.6. The number of nitrogens with zero attached hydrogens (tertiary/aromatic N) is 1. The molecule has 1 aromatic heterocycles. The number of fused-ring (bicyclic) bond motifs is 4. The van der Waals surface area contributed by atoms with Crippen LogP contribution in [0.15, 0.2) is 72.8 Å². The fraction of sp³-hybridized carbons (Fsp3) is 0.217. The number of aromatic nitrogens is 1. The Balaban J connectivity index is 1.41. The maximum Gasteiger partial charge on any atom is 0.0715 e. The van der Waals surface area contributed by atoms with Crippen molar-refractivity contribution in [3.63, 3.8) is 0 Å². The largest absolute Gasteiger partial charge is 0.340 e. The predicted molar refractivity (Wildman–Crippen MR) is 111 cm³/mol. The molecule has 1 atom stereocenters. The van der Waals surface area contributed by atoms with Crippen molar-refractivity contribution >= 4 is 35.8 Å². The quantitative estimate of drug-likeness (QED) is 0.467. The second-order valence-corrected chi connectivity index (χ2v) is 10.4. The van der Waals surface area contributed by atoms with Crippen LogP contribution >= 0.6 is 0 Å². The molecule has 0 radical (unpaired) electrons. The molecule has 0 saturated heterocycles. The average molecular weight is 342 g/mol. The minimum absolute atomic E-state index is 0.738. The van der Waals surface area contributed by atoms with Crippen LogP contribution in [0, 0.1) is 0 Å². The summed E-state index contributed by atoms with van der Waals surface area (Å²) in [6.45, 7) is 1.14. The number of aryl methyl sites for hydroxylation is 2. The fourth-order valence-corrected chi connectivity index (χ4v) is 8.08. The summed E-state index contributed by atoms with van der Waals surface area (Å²) in [5, 5.41) is 4.52. The Hall–Kier alpha value is -2.32. The highest BCUT2D eigenvalue weighted by atomic mass is 28.3. The third kappa shape index (κ3) is 2.52. The van der Waals surface area contributed by atoms with Gasteiger partial charge in [-0.3, -0.25) is 0 Å². The van der Waals surface area contributed by atoms with Crippen LogP contribution < -0.4 is 5.19 Å². The van der Waals surface area contributed by atoms with Crippen LogP contribution in [0.4, 0.5) is 0 Å². The molecule has 124 valence electrons. The molecule has 1 aliphatic heterocycles. The molecule has 1 nitrogen and oxygen atoms in total. The summed E-state index contributed by atoms with van der Waals surface area (Å²) < 4.78 is 2.54. The van der Waals surface area contributed by atoms with Crippen LogP contribution in [0.25, 0.3) is 21.8 Å². The lowest BCUT2D eigenvalue weighted by molar-refractivity contribution is 0.719. The van der Waals surface area contributed by atoms with Crippen molar-refractivity contribution < 1.29 is 0 Å². The number of rotatable bonds is 4. The van der Waals surface area contributed by atoms with Gasteiger partial charge in [0, 0.05) is 28.4 Å². The van der Waals surface area contributed by atoms with Crippen LogP contribution in [0.5, 0.6) is 0 Å². The minimum Gasteiger partial charge on any atom is -0.340 e. The van der Waals surface area contributed by atoms with E-state index in [1.54, 1.807) is 10.8 Å². The van der Waals surface area contributed by atoms with E-state index in [-0.39, 0.29) is 0 Å². The first kappa shape index (κ1) is 15.0. The summed E-state index contributed by atoms with van der Waals surface area (Å²) in [4.78, 5) is 0. The summed E-state index contributed by atoms with van der Waals surface area (Å²) in [7, 11) is -0.738. The summed E-state index contributed by atoms with van der Waals surface area (Å²) in [6.07, 6.45) is 2.62. The van der Waals surface area contributed by atoms with Gasteiger partial charge in [-0.05, 0) is 30.5 Å². The standard InChI is InChI=1S/C23H23NSi/c1-6-13-23-18(8-1)14-17-25(23)16-7-15-24-21-11-4-2-9-19(21)20-10-3-5-12-22(20)24/h1-6,8-13,25H,7,14-17H2/t25-/m0/s1. The zero-order valence-electron chi connectivity index (χ0n) is 14.5. The monoisotopic (exact) mass is 341 g/mol. The molecule has 0 N–H and O–H groups in total. The van der Waals surface area contributed by atoms with Crippen LogP contribution in [0.1, 0.15) is 12.0 Å². The molecule has 3 aromatic carbocycles. The molecule has 1 aliphatic rings. The number of benzene rings is 3. The van der Waals surface area contributed by atoms with E-state index in [9.17, 15) is 0 Å². The summed E-state index contributed by atoms with van der Waals surface area (Å²) >= 11 is 0. The van der Waals surface area contributed by atoms with Gasteiger partial charge in [0.25, 0.3) is 0 Å². The SMILES string of the molecule is c1ccc2c(c1)CC[Si@@H]2CCCn1c2ccccc2c2ccccc21. The predicted octanol–water partition coefficient (Wildman–Crippen LogP) is 4.88. The molecular formula is C23H23NSi. The highest BCUT2D eigenvalue weighted by Crippen LogP contribution is 2.29. The van der Waals surface area contributed by atoms with E-state index in [0.717, 1.165) is 6.54 Å². The molecule has 25 heavy (non-hydrogen) atoms. The highest BCUT2D eigenvalue weighted by Gasteiger charge is 2.22. The van der Waals surface area contributed by atoms with Crippen molar-refractivity contribution in [2.45, 2.75) is 31.5 Å². The van der Waals surface area contributed by atoms with Gasteiger partial charge in [-0.25, -0.2) is 0 Å². The van der Waals surface area contributed by atoms with E-state index >= 15 is 0 Å². The molecular weight excluding hydrogens is 318 g/mol. The van der Waals surface area contributed by atoms with E-state index in [4.69, 9.17) is 0 Å². The highest BCUT2D eigenvalue weighted by molar-refractivity contribution is 6.74. The van der Waals surface area contributed by atoms with Crippen molar-refractivity contribution in [1.29, 1.82) is 0 Å². The molecule has 0 fully saturated rings. The topological polar surface area (TPSA) is 4.93 Å². The Kier molecular flexibility index (Phi) is 3.71. The lowest BCUT2D eigenvalue weighted by Crippen LogP contribution is -2.26. The zero-order valence-corrected chi connectivity index (χ0v) is 15.6. The van der Waals surface area contributed by atoms with Gasteiger partial charge < -0.3 is 4.57 Å². The summed E-state index contributed by atoms with van der Waals surface area (Å²) in [6, 6.07) is 29.8. The smallest absolute Gasteiger partial charge is 0.0715 e. The Morgan fingerprint density at radius 2 is 1.40 bits per heavy atom. The molecule has 0 aliphatic carbocycles. The average Bonchev–Trinajstić information content (AvgIpc) is 3.22. The van der Waals surface area contributed by atoms with Gasteiger partial charge in [0.1, 0.15) is 0 Å². The minimum atomic E-state index is -0.738. The van der Waals surface area contributed by atoms with E-state index in [2.05, 4.69) is 77.4 Å². The zero-order chi connectivity index (χ0) is 16.6.